The average molecular weight is 213 g/mol. The second-order valence-corrected chi connectivity index (χ2v) is 5.54. The summed E-state index contributed by atoms with van der Waals surface area (Å²) in [6, 6.07) is 0. The van der Waals surface area contributed by atoms with Crippen molar-refractivity contribution in [2.24, 2.45) is 23.5 Å². The van der Waals surface area contributed by atoms with E-state index in [1.807, 2.05) is 0 Å². The van der Waals surface area contributed by atoms with E-state index in [0.29, 0.717) is 24.3 Å². The normalized spacial score (nSPS) is 34.4. The van der Waals surface area contributed by atoms with Crippen LogP contribution in [-0.4, -0.2) is 17.3 Å². The molecule has 1 aliphatic carbocycles. The lowest BCUT2D eigenvalue weighted by molar-refractivity contribution is -0.0697. The molecule has 1 fully saturated rings. The molecule has 0 bridgehead atoms. The standard InChI is InChI=1S/C13H27NO/c1-4-12(9-14)13(15)7-5-6-11(8-13)10(2)3/h10-12,15H,4-9,14H2,1-3H3. The van der Waals surface area contributed by atoms with E-state index in [-0.39, 0.29) is 0 Å². The topological polar surface area (TPSA) is 46.2 Å². The molecule has 0 aliphatic heterocycles. The third kappa shape index (κ3) is 2.94. The van der Waals surface area contributed by atoms with E-state index in [4.69, 9.17) is 5.73 Å². The van der Waals surface area contributed by atoms with Gasteiger partial charge >= 0.3 is 0 Å². The van der Waals surface area contributed by atoms with Gasteiger partial charge in [-0.3, -0.25) is 0 Å². The zero-order valence-corrected chi connectivity index (χ0v) is 10.5. The van der Waals surface area contributed by atoms with Gasteiger partial charge in [0.15, 0.2) is 0 Å². The molecule has 2 nitrogen and oxygen atoms in total. The van der Waals surface area contributed by atoms with Crippen LogP contribution in [0.5, 0.6) is 0 Å². The van der Waals surface area contributed by atoms with Crippen molar-refractivity contribution in [3.63, 3.8) is 0 Å². The fraction of sp³-hybridized carbons (Fsp3) is 1.00. The van der Waals surface area contributed by atoms with Crippen molar-refractivity contribution in [1.82, 2.24) is 0 Å². The first-order chi connectivity index (χ1) is 7.03. The number of hydrogen-bond donors (Lipinski definition) is 2. The SMILES string of the molecule is CCC(CN)C1(O)CCCC(C(C)C)C1. The average Bonchev–Trinajstić information content (AvgIpc) is 2.19. The van der Waals surface area contributed by atoms with Crippen LogP contribution in [0.1, 0.15) is 52.9 Å². The zero-order valence-electron chi connectivity index (χ0n) is 10.5. The summed E-state index contributed by atoms with van der Waals surface area (Å²) in [5.74, 6) is 1.66. The van der Waals surface area contributed by atoms with Crippen molar-refractivity contribution in [3.8, 4) is 0 Å². The maximum Gasteiger partial charge on any atom is 0.0690 e. The number of rotatable bonds is 4. The summed E-state index contributed by atoms with van der Waals surface area (Å²) < 4.78 is 0. The van der Waals surface area contributed by atoms with Gasteiger partial charge in [0, 0.05) is 0 Å². The van der Waals surface area contributed by atoms with Gasteiger partial charge in [-0.25, -0.2) is 0 Å². The van der Waals surface area contributed by atoms with Crippen molar-refractivity contribution >= 4 is 0 Å². The number of aliphatic hydroxyl groups is 1. The third-order valence-corrected chi connectivity index (χ3v) is 4.28. The molecule has 0 spiro atoms. The van der Waals surface area contributed by atoms with Crippen LogP contribution in [0, 0.1) is 17.8 Å². The first kappa shape index (κ1) is 13.0. The van der Waals surface area contributed by atoms with Crippen molar-refractivity contribution < 1.29 is 5.11 Å². The van der Waals surface area contributed by atoms with Crippen molar-refractivity contribution in [3.05, 3.63) is 0 Å². The molecule has 2 heteroatoms. The summed E-state index contributed by atoms with van der Waals surface area (Å²) in [6.07, 6.45) is 5.35. The molecular weight excluding hydrogens is 186 g/mol. The molecular formula is C13H27NO. The predicted molar refractivity (Wildman–Crippen MR) is 64.6 cm³/mol. The lowest BCUT2D eigenvalue weighted by Gasteiger charge is -2.43. The Hall–Kier alpha value is -0.0800. The second kappa shape index (κ2) is 5.31. The quantitative estimate of drug-likeness (QED) is 0.754. The lowest BCUT2D eigenvalue weighted by Crippen LogP contribution is -2.46. The summed E-state index contributed by atoms with van der Waals surface area (Å²) in [4.78, 5) is 0. The molecule has 0 saturated heterocycles. The molecule has 3 unspecified atom stereocenters. The minimum Gasteiger partial charge on any atom is -0.390 e. The third-order valence-electron chi connectivity index (χ3n) is 4.28. The first-order valence-corrected chi connectivity index (χ1v) is 6.46. The fourth-order valence-corrected chi connectivity index (χ4v) is 3.03. The molecule has 0 heterocycles. The van der Waals surface area contributed by atoms with E-state index in [0.717, 1.165) is 25.7 Å². The molecule has 0 amide bonds. The minimum absolute atomic E-state index is 0.291. The molecule has 0 aromatic carbocycles. The van der Waals surface area contributed by atoms with Crippen LogP contribution in [0.4, 0.5) is 0 Å². The Kier molecular flexibility index (Phi) is 4.60. The van der Waals surface area contributed by atoms with Crippen LogP contribution in [0.2, 0.25) is 0 Å². The highest BCUT2D eigenvalue weighted by Crippen LogP contribution is 2.41. The van der Waals surface area contributed by atoms with E-state index < -0.39 is 5.60 Å². The Morgan fingerprint density at radius 1 is 1.47 bits per heavy atom. The molecule has 1 saturated carbocycles. The number of hydrogen-bond acceptors (Lipinski definition) is 2. The summed E-state index contributed by atoms with van der Waals surface area (Å²) in [5.41, 5.74) is 5.29. The van der Waals surface area contributed by atoms with Gasteiger partial charge in [-0.15, -0.1) is 0 Å². The van der Waals surface area contributed by atoms with Crippen molar-refractivity contribution in [2.75, 3.05) is 6.54 Å². The highest BCUT2D eigenvalue weighted by atomic mass is 16.3. The first-order valence-electron chi connectivity index (χ1n) is 6.46. The monoisotopic (exact) mass is 213 g/mol. The van der Waals surface area contributed by atoms with Gasteiger partial charge in [0.1, 0.15) is 0 Å². The van der Waals surface area contributed by atoms with E-state index in [9.17, 15) is 5.11 Å². The van der Waals surface area contributed by atoms with Crippen LogP contribution in [0.25, 0.3) is 0 Å². The largest absolute Gasteiger partial charge is 0.390 e. The van der Waals surface area contributed by atoms with Gasteiger partial charge in [0.2, 0.25) is 0 Å². The Labute approximate surface area is 94.2 Å². The smallest absolute Gasteiger partial charge is 0.0690 e. The highest BCUT2D eigenvalue weighted by molar-refractivity contribution is 4.92. The van der Waals surface area contributed by atoms with Gasteiger partial charge in [-0.05, 0) is 50.0 Å². The molecule has 15 heavy (non-hydrogen) atoms. The van der Waals surface area contributed by atoms with Gasteiger partial charge in [-0.2, -0.15) is 0 Å². The highest BCUT2D eigenvalue weighted by Gasteiger charge is 2.40. The number of nitrogens with two attached hydrogens (primary N) is 1. The molecule has 90 valence electrons. The molecule has 0 aromatic heterocycles. The molecule has 0 radical (unpaired) electrons. The maximum atomic E-state index is 10.7. The maximum absolute atomic E-state index is 10.7. The summed E-state index contributed by atoms with van der Waals surface area (Å²) in [7, 11) is 0. The fourth-order valence-electron chi connectivity index (χ4n) is 3.03. The predicted octanol–water partition coefficient (Wildman–Crippen LogP) is 2.55. The lowest BCUT2D eigenvalue weighted by atomic mass is 9.68. The van der Waals surface area contributed by atoms with Gasteiger partial charge < -0.3 is 10.8 Å². The Balaban J connectivity index is 2.66. The van der Waals surface area contributed by atoms with Gasteiger partial charge in [0.25, 0.3) is 0 Å². The Morgan fingerprint density at radius 3 is 2.60 bits per heavy atom. The molecule has 1 rings (SSSR count). The molecule has 1 aliphatic rings. The van der Waals surface area contributed by atoms with Crippen LogP contribution < -0.4 is 5.73 Å². The Morgan fingerprint density at radius 2 is 2.13 bits per heavy atom. The van der Waals surface area contributed by atoms with Crippen LogP contribution >= 0.6 is 0 Å². The second-order valence-electron chi connectivity index (χ2n) is 5.54. The van der Waals surface area contributed by atoms with Crippen LogP contribution in [-0.2, 0) is 0 Å². The molecule has 3 N–H and O–H groups in total. The summed E-state index contributed by atoms with van der Waals surface area (Å²) >= 11 is 0. The van der Waals surface area contributed by atoms with Crippen LogP contribution in [0.15, 0.2) is 0 Å². The van der Waals surface area contributed by atoms with E-state index in [1.54, 1.807) is 0 Å². The molecule has 0 aromatic rings. The van der Waals surface area contributed by atoms with E-state index in [1.165, 1.54) is 6.42 Å². The summed E-state index contributed by atoms with van der Waals surface area (Å²) in [5, 5.41) is 10.7. The van der Waals surface area contributed by atoms with Crippen molar-refractivity contribution in [2.45, 2.75) is 58.5 Å². The van der Waals surface area contributed by atoms with E-state index in [2.05, 4.69) is 20.8 Å². The van der Waals surface area contributed by atoms with E-state index >= 15 is 0 Å². The minimum atomic E-state index is -0.476. The zero-order chi connectivity index (χ0) is 11.5. The molecule has 3 atom stereocenters. The van der Waals surface area contributed by atoms with Crippen molar-refractivity contribution in [1.29, 1.82) is 0 Å². The van der Waals surface area contributed by atoms with Gasteiger partial charge in [0.05, 0.1) is 5.60 Å². The van der Waals surface area contributed by atoms with Crippen LogP contribution in [0.3, 0.4) is 0 Å². The summed E-state index contributed by atoms with van der Waals surface area (Å²) in [6.45, 7) is 7.28. The Bertz CT molecular complexity index is 189. The van der Waals surface area contributed by atoms with Gasteiger partial charge in [-0.1, -0.05) is 27.2 Å².